The third-order valence-corrected chi connectivity index (χ3v) is 7.20. The molecular weight excluding hydrogens is 388 g/mol. The fourth-order valence-corrected chi connectivity index (χ4v) is 5.22. The summed E-state index contributed by atoms with van der Waals surface area (Å²) in [6.45, 7) is 3.01. The van der Waals surface area contributed by atoms with Crippen LogP contribution in [0, 0.1) is 0 Å². The lowest BCUT2D eigenvalue weighted by atomic mass is 9.95. The Hall–Kier alpha value is -2.38. The van der Waals surface area contributed by atoms with Crippen LogP contribution in [0.2, 0.25) is 0 Å². The van der Waals surface area contributed by atoms with E-state index in [2.05, 4.69) is 5.32 Å². The second-order valence-corrected chi connectivity index (χ2v) is 9.13. The molecule has 0 unspecified atom stereocenters. The van der Waals surface area contributed by atoms with Crippen LogP contribution in [0.4, 0.5) is 5.69 Å². The normalized spacial score (nSPS) is 16.2. The zero-order valence-corrected chi connectivity index (χ0v) is 17.7. The predicted molar refractivity (Wildman–Crippen MR) is 114 cm³/mol. The van der Waals surface area contributed by atoms with Gasteiger partial charge in [0.2, 0.25) is 15.9 Å². The molecule has 156 valence electrons. The summed E-state index contributed by atoms with van der Waals surface area (Å²) in [7, 11) is -2.10. The summed E-state index contributed by atoms with van der Waals surface area (Å²) < 4.78 is 32.9. The first-order chi connectivity index (χ1) is 14.0. The van der Waals surface area contributed by atoms with E-state index in [0.717, 1.165) is 24.8 Å². The highest BCUT2D eigenvalue weighted by molar-refractivity contribution is 7.89. The van der Waals surface area contributed by atoms with Crippen molar-refractivity contribution in [2.24, 2.45) is 0 Å². The molecular formula is C22H28N2O4S. The van der Waals surface area contributed by atoms with Crippen LogP contribution in [-0.2, 0) is 14.8 Å². The summed E-state index contributed by atoms with van der Waals surface area (Å²) in [6, 6.07) is 14.2. The molecule has 1 aliphatic heterocycles. The number of hydrogen-bond acceptors (Lipinski definition) is 4. The molecule has 2 aromatic rings. The Kier molecular flexibility index (Phi) is 6.92. The van der Waals surface area contributed by atoms with Crippen LogP contribution in [0.5, 0.6) is 5.75 Å². The van der Waals surface area contributed by atoms with Crippen molar-refractivity contribution in [3.63, 3.8) is 0 Å². The fourth-order valence-electron chi connectivity index (χ4n) is 3.68. The molecule has 29 heavy (non-hydrogen) atoms. The van der Waals surface area contributed by atoms with Crippen molar-refractivity contribution < 1.29 is 17.9 Å². The van der Waals surface area contributed by atoms with E-state index in [1.54, 1.807) is 6.07 Å². The lowest BCUT2D eigenvalue weighted by molar-refractivity contribution is -0.117. The minimum Gasteiger partial charge on any atom is -0.495 e. The molecule has 0 saturated carbocycles. The van der Waals surface area contributed by atoms with Gasteiger partial charge in [0.15, 0.2) is 0 Å². The number of anilines is 1. The monoisotopic (exact) mass is 416 g/mol. The van der Waals surface area contributed by atoms with Crippen LogP contribution in [0.3, 0.4) is 0 Å². The molecule has 7 heteroatoms. The van der Waals surface area contributed by atoms with Crippen molar-refractivity contribution in [2.75, 3.05) is 25.5 Å². The van der Waals surface area contributed by atoms with E-state index in [0.29, 0.717) is 30.9 Å². The smallest absolute Gasteiger partial charge is 0.243 e. The van der Waals surface area contributed by atoms with E-state index in [1.807, 2.05) is 37.3 Å². The molecule has 0 bridgehead atoms. The van der Waals surface area contributed by atoms with Crippen molar-refractivity contribution in [1.82, 2.24) is 4.31 Å². The Morgan fingerprint density at radius 1 is 1.10 bits per heavy atom. The number of methoxy groups -OCH3 is 1. The topological polar surface area (TPSA) is 75.7 Å². The van der Waals surface area contributed by atoms with Crippen molar-refractivity contribution in [3.8, 4) is 5.75 Å². The number of carbonyl (C=O) groups is 1. The van der Waals surface area contributed by atoms with Gasteiger partial charge in [0.1, 0.15) is 5.75 Å². The molecule has 6 nitrogen and oxygen atoms in total. The number of nitrogens with one attached hydrogen (secondary N) is 1. The molecule has 0 spiro atoms. The number of amides is 1. The van der Waals surface area contributed by atoms with E-state index in [4.69, 9.17) is 4.74 Å². The van der Waals surface area contributed by atoms with Crippen molar-refractivity contribution >= 4 is 21.6 Å². The quantitative estimate of drug-likeness (QED) is 0.740. The number of rotatable bonds is 7. The van der Waals surface area contributed by atoms with Crippen molar-refractivity contribution in [3.05, 3.63) is 54.1 Å². The first-order valence-corrected chi connectivity index (χ1v) is 11.5. The summed E-state index contributed by atoms with van der Waals surface area (Å²) in [5.41, 5.74) is 1.29. The number of benzene rings is 2. The van der Waals surface area contributed by atoms with Crippen LogP contribution in [-0.4, -0.2) is 38.8 Å². The molecule has 3 rings (SSSR count). The number of ether oxygens (including phenoxy) is 1. The molecule has 1 saturated heterocycles. The number of hydrogen-bond donors (Lipinski definition) is 1. The molecule has 1 N–H and O–H groups in total. The third-order valence-electron chi connectivity index (χ3n) is 5.31. The number of piperidine rings is 1. The average Bonchev–Trinajstić information content (AvgIpc) is 2.75. The molecule has 0 radical (unpaired) electrons. The standard InChI is InChI=1S/C22H28N2O4S/c1-3-19(17-10-6-4-7-11-17)22(25)23-20-16-18(12-13-21(20)28-2)29(26,27)24-14-8-5-9-15-24/h4,6-7,10-13,16,19H,3,5,8-9,14-15H2,1-2H3,(H,23,25)/t19-/m1/s1. The van der Waals surface area contributed by atoms with E-state index < -0.39 is 10.0 Å². The number of carbonyl (C=O) groups excluding carboxylic acids is 1. The highest BCUT2D eigenvalue weighted by atomic mass is 32.2. The van der Waals surface area contributed by atoms with Crippen molar-refractivity contribution in [2.45, 2.75) is 43.4 Å². The van der Waals surface area contributed by atoms with E-state index in [9.17, 15) is 13.2 Å². The van der Waals surface area contributed by atoms with Gasteiger partial charge in [-0.05, 0) is 43.0 Å². The first-order valence-electron chi connectivity index (χ1n) is 10.0. The maximum Gasteiger partial charge on any atom is 0.243 e. The Labute approximate surface area is 172 Å². The van der Waals surface area contributed by atoms with Gasteiger partial charge in [-0.15, -0.1) is 0 Å². The van der Waals surface area contributed by atoms with Gasteiger partial charge in [-0.1, -0.05) is 43.7 Å². The average molecular weight is 417 g/mol. The van der Waals surface area contributed by atoms with Crippen molar-refractivity contribution in [1.29, 1.82) is 0 Å². The molecule has 2 aromatic carbocycles. The van der Waals surface area contributed by atoms with E-state index in [-0.39, 0.29) is 16.7 Å². The van der Waals surface area contributed by atoms with Gasteiger partial charge in [-0.3, -0.25) is 4.79 Å². The molecule has 1 fully saturated rings. The SMILES string of the molecule is CC[C@@H](C(=O)Nc1cc(S(=O)(=O)N2CCCCC2)ccc1OC)c1ccccc1. The van der Waals surface area contributed by atoms with Gasteiger partial charge in [0, 0.05) is 13.1 Å². The van der Waals surface area contributed by atoms with Gasteiger partial charge in [0.25, 0.3) is 0 Å². The minimum atomic E-state index is -3.60. The third kappa shape index (κ3) is 4.79. The van der Waals surface area contributed by atoms with Gasteiger partial charge in [-0.25, -0.2) is 8.42 Å². The second-order valence-electron chi connectivity index (χ2n) is 7.19. The van der Waals surface area contributed by atoms with Gasteiger partial charge in [0.05, 0.1) is 23.6 Å². The molecule has 0 aliphatic carbocycles. The highest BCUT2D eigenvalue weighted by Gasteiger charge is 2.27. The van der Waals surface area contributed by atoms with E-state index in [1.165, 1.54) is 23.5 Å². The maximum absolute atomic E-state index is 13.0. The van der Waals surface area contributed by atoms with Crippen LogP contribution in [0.1, 0.15) is 44.1 Å². The summed E-state index contributed by atoms with van der Waals surface area (Å²) in [6.07, 6.45) is 3.42. The van der Waals surface area contributed by atoms with Crippen LogP contribution in [0.15, 0.2) is 53.4 Å². The van der Waals surface area contributed by atoms with Crippen LogP contribution < -0.4 is 10.1 Å². The molecule has 1 atom stereocenters. The summed E-state index contributed by atoms with van der Waals surface area (Å²) in [5, 5.41) is 2.88. The molecule has 1 amide bonds. The minimum absolute atomic E-state index is 0.170. The Morgan fingerprint density at radius 2 is 1.79 bits per heavy atom. The summed E-state index contributed by atoms with van der Waals surface area (Å²) in [4.78, 5) is 13.1. The fraction of sp³-hybridized carbons (Fsp3) is 0.409. The molecule has 1 aliphatic rings. The van der Waals surface area contributed by atoms with Gasteiger partial charge < -0.3 is 10.1 Å². The molecule has 1 heterocycles. The number of nitrogens with zero attached hydrogens (tertiary/aromatic N) is 1. The summed E-state index contributed by atoms with van der Waals surface area (Å²) >= 11 is 0. The Balaban J connectivity index is 1.88. The zero-order chi connectivity index (χ0) is 20.9. The Bertz CT molecular complexity index is 939. The number of sulfonamides is 1. The van der Waals surface area contributed by atoms with Crippen LogP contribution >= 0.6 is 0 Å². The lowest BCUT2D eigenvalue weighted by Gasteiger charge is -2.26. The van der Waals surface area contributed by atoms with Gasteiger partial charge >= 0.3 is 0 Å². The Morgan fingerprint density at radius 3 is 2.41 bits per heavy atom. The van der Waals surface area contributed by atoms with Gasteiger partial charge in [-0.2, -0.15) is 4.31 Å². The maximum atomic E-state index is 13.0. The first kappa shape index (κ1) is 21.3. The van der Waals surface area contributed by atoms with E-state index >= 15 is 0 Å². The molecule has 0 aromatic heterocycles. The lowest BCUT2D eigenvalue weighted by Crippen LogP contribution is -2.35. The largest absolute Gasteiger partial charge is 0.495 e. The predicted octanol–water partition coefficient (Wildman–Crippen LogP) is 4.00. The highest BCUT2D eigenvalue weighted by Crippen LogP contribution is 2.31. The summed E-state index contributed by atoms with van der Waals surface area (Å²) in [5.74, 6) is -0.0911. The second kappa shape index (κ2) is 9.41. The zero-order valence-electron chi connectivity index (χ0n) is 16.9. The van der Waals surface area contributed by atoms with Crippen LogP contribution in [0.25, 0.3) is 0 Å².